The van der Waals surface area contributed by atoms with Crippen LogP contribution in [0.25, 0.3) is 0 Å². The fourth-order valence-electron chi connectivity index (χ4n) is 0.871. The lowest BCUT2D eigenvalue weighted by molar-refractivity contribution is 1.04. The van der Waals surface area contributed by atoms with Crippen LogP contribution in [0.2, 0.25) is 0 Å². The van der Waals surface area contributed by atoms with Gasteiger partial charge in [-0.15, -0.1) is 5.11 Å². The Kier molecular flexibility index (Phi) is 1.48. The van der Waals surface area contributed by atoms with Crippen molar-refractivity contribution in [3.63, 3.8) is 0 Å². The summed E-state index contributed by atoms with van der Waals surface area (Å²) < 4.78 is -0.0243. The highest BCUT2D eigenvalue weighted by atomic mass is 127. The minimum atomic E-state index is -0.0243. The van der Waals surface area contributed by atoms with Gasteiger partial charge < -0.3 is 5.73 Å². The molecule has 0 aromatic carbocycles. The first-order chi connectivity index (χ1) is 5.29. The van der Waals surface area contributed by atoms with Crippen LogP contribution in [0.15, 0.2) is 16.6 Å². The van der Waals surface area contributed by atoms with Gasteiger partial charge in [0.25, 0.3) is 0 Å². The highest BCUT2D eigenvalue weighted by Gasteiger charge is 2.21. The molecule has 0 bridgehead atoms. The predicted octanol–water partition coefficient (Wildman–Crippen LogP) is 1.59. The zero-order chi connectivity index (χ0) is 7.84. The number of hydrogen-bond donors (Lipinski definition) is 1. The molecule has 11 heavy (non-hydrogen) atoms. The number of rotatable bonds is 0. The lowest BCUT2D eigenvalue weighted by Gasteiger charge is -1.99. The van der Waals surface area contributed by atoms with Gasteiger partial charge in [-0.25, -0.2) is 9.97 Å². The van der Waals surface area contributed by atoms with Gasteiger partial charge in [-0.3, -0.25) is 0 Å². The van der Waals surface area contributed by atoms with Crippen molar-refractivity contribution in [2.75, 3.05) is 5.73 Å². The van der Waals surface area contributed by atoms with Gasteiger partial charge in [0.05, 0.1) is 5.56 Å². The summed E-state index contributed by atoms with van der Waals surface area (Å²) in [4.78, 5) is 7.76. The molecule has 2 heterocycles. The Morgan fingerprint density at radius 3 is 3.00 bits per heavy atom. The summed E-state index contributed by atoms with van der Waals surface area (Å²) in [7, 11) is 0. The average Bonchev–Trinajstić information content (AvgIpc) is 2.34. The lowest BCUT2D eigenvalue weighted by Crippen LogP contribution is -1.97. The van der Waals surface area contributed by atoms with Gasteiger partial charge in [0.15, 0.2) is 9.87 Å². The van der Waals surface area contributed by atoms with Crippen molar-refractivity contribution in [2.45, 2.75) is 4.05 Å². The molecule has 1 aliphatic rings. The van der Waals surface area contributed by atoms with E-state index in [1.165, 1.54) is 6.33 Å². The molecular weight excluding hydrogens is 257 g/mol. The van der Waals surface area contributed by atoms with E-state index in [9.17, 15) is 0 Å². The zero-order valence-corrected chi connectivity index (χ0v) is 7.56. The van der Waals surface area contributed by atoms with Gasteiger partial charge in [0.2, 0.25) is 0 Å². The molecule has 2 N–H and O–H groups in total. The first-order valence-corrected chi connectivity index (χ1v) is 4.19. The van der Waals surface area contributed by atoms with Crippen LogP contribution in [0.4, 0.5) is 11.6 Å². The van der Waals surface area contributed by atoms with Gasteiger partial charge in [-0.1, -0.05) is 0 Å². The van der Waals surface area contributed by atoms with Crippen molar-refractivity contribution in [1.82, 2.24) is 9.97 Å². The first kappa shape index (κ1) is 6.89. The molecule has 56 valence electrons. The first-order valence-electron chi connectivity index (χ1n) is 2.94. The molecule has 1 aromatic rings. The minimum Gasteiger partial charge on any atom is -0.383 e. The van der Waals surface area contributed by atoms with Crippen molar-refractivity contribution in [2.24, 2.45) is 10.2 Å². The Hall–Kier alpha value is -0.790. The molecule has 0 saturated carbocycles. The minimum absolute atomic E-state index is 0.0243. The number of hydrogen-bond acceptors (Lipinski definition) is 5. The van der Waals surface area contributed by atoms with E-state index >= 15 is 0 Å². The summed E-state index contributed by atoms with van der Waals surface area (Å²) in [6.45, 7) is 0. The smallest absolute Gasteiger partial charge is 0.185 e. The fourth-order valence-corrected chi connectivity index (χ4v) is 1.59. The van der Waals surface area contributed by atoms with E-state index in [0.717, 1.165) is 5.56 Å². The molecule has 0 unspecified atom stereocenters. The number of aromatic nitrogens is 2. The number of nitrogens with zero attached hydrogens (tertiary/aromatic N) is 4. The highest BCUT2D eigenvalue weighted by molar-refractivity contribution is 14.1. The second-order valence-electron chi connectivity index (χ2n) is 2.05. The molecule has 0 spiro atoms. The Morgan fingerprint density at radius 1 is 1.45 bits per heavy atom. The maximum atomic E-state index is 5.59. The Balaban J connectivity index is 2.65. The van der Waals surface area contributed by atoms with Crippen LogP contribution in [0, 0.1) is 0 Å². The molecule has 1 aromatic heterocycles. The molecule has 0 saturated heterocycles. The van der Waals surface area contributed by atoms with E-state index in [1.807, 2.05) is 0 Å². The number of anilines is 1. The third-order valence-electron chi connectivity index (χ3n) is 1.39. The topological polar surface area (TPSA) is 76.5 Å². The standard InChI is InChI=1S/C5H4IN5/c6-3-2-4(7)8-1-9-5(2)11-10-3/h1,3H,(H2,7,8,9)/t3-/m1/s1. The zero-order valence-electron chi connectivity index (χ0n) is 5.40. The van der Waals surface area contributed by atoms with Gasteiger partial charge in [-0.05, 0) is 22.6 Å². The van der Waals surface area contributed by atoms with Crippen LogP contribution in [-0.4, -0.2) is 9.97 Å². The second-order valence-corrected chi connectivity index (χ2v) is 3.23. The maximum absolute atomic E-state index is 5.59. The maximum Gasteiger partial charge on any atom is 0.185 e. The van der Waals surface area contributed by atoms with Crippen LogP contribution in [0.3, 0.4) is 0 Å². The van der Waals surface area contributed by atoms with Crippen LogP contribution >= 0.6 is 22.6 Å². The molecular formula is C5H4IN5. The summed E-state index contributed by atoms with van der Waals surface area (Å²) in [5, 5.41) is 7.72. The Labute approximate surface area is 76.3 Å². The normalized spacial score (nSPS) is 20.3. The van der Waals surface area contributed by atoms with E-state index < -0.39 is 0 Å². The van der Waals surface area contributed by atoms with Crippen molar-refractivity contribution < 1.29 is 0 Å². The molecule has 0 amide bonds. The monoisotopic (exact) mass is 261 g/mol. The van der Waals surface area contributed by atoms with Crippen molar-refractivity contribution in [3.8, 4) is 0 Å². The predicted molar refractivity (Wildman–Crippen MR) is 47.7 cm³/mol. The van der Waals surface area contributed by atoms with E-state index in [-0.39, 0.29) is 4.05 Å². The number of fused-ring (bicyclic) bond motifs is 1. The van der Waals surface area contributed by atoms with Crippen molar-refractivity contribution in [3.05, 3.63) is 11.9 Å². The molecule has 0 aliphatic carbocycles. The average molecular weight is 261 g/mol. The summed E-state index contributed by atoms with van der Waals surface area (Å²) in [5.41, 5.74) is 6.41. The third-order valence-corrected chi connectivity index (χ3v) is 2.26. The molecule has 1 aliphatic heterocycles. The number of halogens is 1. The largest absolute Gasteiger partial charge is 0.383 e. The highest BCUT2D eigenvalue weighted by Crippen LogP contribution is 2.40. The third kappa shape index (κ3) is 0.971. The van der Waals surface area contributed by atoms with Crippen LogP contribution in [0.5, 0.6) is 0 Å². The van der Waals surface area contributed by atoms with Crippen molar-refractivity contribution in [1.29, 1.82) is 0 Å². The molecule has 5 nitrogen and oxygen atoms in total. The number of azo groups is 1. The summed E-state index contributed by atoms with van der Waals surface area (Å²) in [6, 6.07) is 0. The Morgan fingerprint density at radius 2 is 2.27 bits per heavy atom. The van der Waals surface area contributed by atoms with E-state index in [1.54, 1.807) is 0 Å². The van der Waals surface area contributed by atoms with Crippen LogP contribution in [-0.2, 0) is 0 Å². The number of nitrogen functional groups attached to an aromatic ring is 1. The second kappa shape index (κ2) is 2.36. The SMILES string of the molecule is Nc1ncnc2c1[C@H](I)N=N2. The van der Waals surface area contributed by atoms with Gasteiger partial charge in [0.1, 0.15) is 12.1 Å². The van der Waals surface area contributed by atoms with Gasteiger partial charge in [-0.2, -0.15) is 5.11 Å². The fraction of sp³-hybridized carbons (Fsp3) is 0.200. The van der Waals surface area contributed by atoms with E-state index in [0.29, 0.717) is 11.6 Å². The molecule has 0 fully saturated rings. The molecule has 1 atom stereocenters. The van der Waals surface area contributed by atoms with E-state index in [4.69, 9.17) is 5.73 Å². The van der Waals surface area contributed by atoms with Crippen molar-refractivity contribution >= 4 is 34.2 Å². The quantitative estimate of drug-likeness (QED) is 0.437. The molecule has 2 rings (SSSR count). The summed E-state index contributed by atoms with van der Waals surface area (Å²) >= 11 is 2.13. The molecule has 6 heteroatoms. The number of alkyl halides is 1. The van der Waals surface area contributed by atoms with Gasteiger partial charge in [0, 0.05) is 0 Å². The lowest BCUT2D eigenvalue weighted by atomic mass is 10.3. The molecule has 0 radical (unpaired) electrons. The van der Waals surface area contributed by atoms with Crippen LogP contribution < -0.4 is 5.73 Å². The van der Waals surface area contributed by atoms with E-state index in [2.05, 4.69) is 42.8 Å². The van der Waals surface area contributed by atoms with Crippen LogP contribution in [0.1, 0.15) is 9.61 Å². The summed E-state index contributed by atoms with van der Waals surface area (Å²) in [6.07, 6.45) is 1.39. The van der Waals surface area contributed by atoms with Gasteiger partial charge >= 0.3 is 0 Å². The Bertz CT molecular complexity index is 323. The summed E-state index contributed by atoms with van der Waals surface area (Å²) in [5.74, 6) is 1.07. The number of nitrogens with two attached hydrogens (primary N) is 1.